The van der Waals surface area contributed by atoms with E-state index in [1.165, 1.54) is 0 Å². The Balaban J connectivity index is 2.04. The monoisotopic (exact) mass is 126 g/mol. The Kier molecular flexibility index (Phi) is 0.926. The molecule has 9 heavy (non-hydrogen) atoms. The van der Waals surface area contributed by atoms with Crippen molar-refractivity contribution in [3.05, 3.63) is 0 Å². The van der Waals surface area contributed by atoms with Gasteiger partial charge < -0.3 is 10.1 Å². The molecule has 0 aromatic rings. The minimum absolute atomic E-state index is 0.155. The quantitative estimate of drug-likeness (QED) is 0.494. The van der Waals surface area contributed by atoms with E-state index in [0.29, 0.717) is 0 Å². The summed E-state index contributed by atoms with van der Waals surface area (Å²) in [7, 11) is 0. The van der Waals surface area contributed by atoms with Crippen molar-refractivity contribution in [3.8, 4) is 0 Å². The van der Waals surface area contributed by atoms with Crippen molar-refractivity contribution in [2.45, 2.75) is 6.10 Å². The van der Waals surface area contributed by atoms with Crippen molar-refractivity contribution in [1.29, 1.82) is 0 Å². The van der Waals surface area contributed by atoms with Crippen molar-refractivity contribution < 1.29 is 9.53 Å². The number of rotatable bonds is 1. The van der Waals surface area contributed by atoms with Crippen LogP contribution < -0.4 is 5.32 Å². The van der Waals surface area contributed by atoms with Gasteiger partial charge in [0.1, 0.15) is 6.10 Å². The van der Waals surface area contributed by atoms with E-state index in [1.807, 2.05) is 6.29 Å². The van der Waals surface area contributed by atoms with Crippen LogP contribution in [-0.4, -0.2) is 32.1 Å². The maximum atomic E-state index is 10.1. The summed E-state index contributed by atoms with van der Waals surface area (Å²) >= 11 is 0. The summed E-state index contributed by atoms with van der Waals surface area (Å²) in [5.74, 6) is 0. The van der Waals surface area contributed by atoms with Gasteiger partial charge in [0.05, 0.1) is 12.0 Å². The Morgan fingerprint density at radius 2 is 2.44 bits per heavy atom. The summed E-state index contributed by atoms with van der Waals surface area (Å²) < 4.78 is 4.97. The van der Waals surface area contributed by atoms with E-state index in [0.717, 1.165) is 19.7 Å². The van der Waals surface area contributed by atoms with Gasteiger partial charge in [-0.1, -0.05) is 0 Å². The molecular weight excluding hydrogens is 118 g/mol. The first-order valence-electron chi connectivity index (χ1n) is 3.07. The fourth-order valence-electron chi connectivity index (χ4n) is 1.29. The lowest BCUT2D eigenvalue weighted by Gasteiger charge is -2.52. The smallest absolute Gasteiger partial charge is 0.230 e. The zero-order valence-corrected chi connectivity index (χ0v) is 5.02. The molecule has 0 aliphatic carbocycles. The van der Waals surface area contributed by atoms with Gasteiger partial charge in [0.15, 0.2) is 0 Å². The first kappa shape index (κ1) is 5.38. The Hall–Kier alpha value is -0.410. The molecule has 1 atom stereocenters. The first-order chi connectivity index (χ1) is 4.37. The topological polar surface area (TPSA) is 38.3 Å². The molecule has 2 fully saturated rings. The van der Waals surface area contributed by atoms with E-state index in [9.17, 15) is 4.79 Å². The molecule has 1 radical (unpaired) electrons. The lowest BCUT2D eigenvalue weighted by atomic mass is 9.73. The third-order valence-electron chi connectivity index (χ3n) is 2.15. The average Bonchev–Trinajstić information content (AvgIpc) is 1.59. The number of hydrogen-bond acceptors (Lipinski definition) is 3. The highest BCUT2D eigenvalue weighted by Crippen LogP contribution is 2.37. The van der Waals surface area contributed by atoms with Crippen LogP contribution >= 0.6 is 0 Å². The minimum Gasteiger partial charge on any atom is -0.368 e. The predicted octanol–water partition coefficient (Wildman–Crippen LogP) is -0.916. The van der Waals surface area contributed by atoms with Crippen LogP contribution in [0.15, 0.2) is 0 Å². The number of carbonyl (C=O) groups excluding carboxylic acids is 1. The Bertz CT molecular complexity index is 136. The van der Waals surface area contributed by atoms with E-state index in [4.69, 9.17) is 4.74 Å². The third-order valence-corrected chi connectivity index (χ3v) is 2.15. The zero-order valence-electron chi connectivity index (χ0n) is 5.02. The molecular formula is C6H8NO2. The molecule has 0 saturated carbocycles. The lowest BCUT2D eigenvalue weighted by Crippen LogP contribution is -2.69. The summed E-state index contributed by atoms with van der Waals surface area (Å²) in [6.45, 7) is 2.58. The van der Waals surface area contributed by atoms with Crippen LogP contribution in [0.2, 0.25) is 0 Å². The van der Waals surface area contributed by atoms with Crippen LogP contribution in [0.3, 0.4) is 0 Å². The summed E-state index contributed by atoms with van der Waals surface area (Å²) in [4.78, 5) is 10.1. The van der Waals surface area contributed by atoms with E-state index in [1.54, 1.807) is 0 Å². The fraction of sp³-hybridized carbons (Fsp3) is 0.833. The van der Waals surface area contributed by atoms with Crippen molar-refractivity contribution in [3.63, 3.8) is 0 Å². The zero-order chi connectivity index (χ0) is 6.32. The van der Waals surface area contributed by atoms with Crippen molar-refractivity contribution >= 4 is 6.29 Å². The van der Waals surface area contributed by atoms with Crippen LogP contribution in [0.1, 0.15) is 0 Å². The lowest BCUT2D eigenvalue weighted by molar-refractivity contribution is -0.174. The van der Waals surface area contributed by atoms with Crippen LogP contribution in [0.4, 0.5) is 0 Å². The Morgan fingerprint density at radius 3 is 2.56 bits per heavy atom. The highest BCUT2D eigenvalue weighted by atomic mass is 16.5. The molecule has 3 heteroatoms. The number of hydrogen-bond donors (Lipinski definition) is 1. The molecule has 0 bridgehead atoms. The van der Waals surface area contributed by atoms with E-state index >= 15 is 0 Å². The normalized spacial score (nSPS) is 37.1. The van der Waals surface area contributed by atoms with Crippen LogP contribution in [0, 0.1) is 5.41 Å². The Labute approximate surface area is 53.4 Å². The van der Waals surface area contributed by atoms with E-state index in [2.05, 4.69) is 5.32 Å². The van der Waals surface area contributed by atoms with Gasteiger partial charge in [0, 0.05) is 13.1 Å². The molecule has 2 saturated heterocycles. The van der Waals surface area contributed by atoms with Gasteiger partial charge in [-0.05, 0) is 0 Å². The first-order valence-corrected chi connectivity index (χ1v) is 3.07. The summed E-state index contributed by atoms with van der Waals surface area (Å²) in [6.07, 6.45) is 1.64. The standard InChI is InChI=1S/C6H8NO2/c8-1-5-6(4-9-5)2-7-3-6/h5,7H,2-4H2. The van der Waals surface area contributed by atoms with Gasteiger partial charge in [-0.2, -0.15) is 0 Å². The summed E-state index contributed by atoms with van der Waals surface area (Å²) in [5, 5.41) is 3.11. The highest BCUT2D eigenvalue weighted by Gasteiger charge is 2.53. The van der Waals surface area contributed by atoms with Crippen molar-refractivity contribution in [1.82, 2.24) is 5.32 Å². The molecule has 3 nitrogen and oxygen atoms in total. The Morgan fingerprint density at radius 1 is 1.67 bits per heavy atom. The molecule has 2 rings (SSSR count). The van der Waals surface area contributed by atoms with Crippen molar-refractivity contribution in [2.24, 2.45) is 5.41 Å². The largest absolute Gasteiger partial charge is 0.368 e. The fourth-order valence-corrected chi connectivity index (χ4v) is 1.29. The maximum Gasteiger partial charge on any atom is 0.230 e. The molecule has 1 spiro atoms. The van der Waals surface area contributed by atoms with E-state index < -0.39 is 0 Å². The maximum absolute atomic E-state index is 10.1. The average molecular weight is 126 g/mol. The highest BCUT2D eigenvalue weighted by molar-refractivity contribution is 5.61. The van der Waals surface area contributed by atoms with Gasteiger partial charge in [0.25, 0.3) is 0 Å². The molecule has 2 aliphatic heterocycles. The second-order valence-corrected chi connectivity index (χ2v) is 2.77. The summed E-state index contributed by atoms with van der Waals surface area (Å²) in [6, 6.07) is 0. The van der Waals surface area contributed by atoms with Gasteiger partial charge in [-0.15, -0.1) is 0 Å². The second kappa shape index (κ2) is 1.55. The van der Waals surface area contributed by atoms with Crippen LogP contribution in [0.25, 0.3) is 0 Å². The van der Waals surface area contributed by atoms with Crippen LogP contribution in [0.5, 0.6) is 0 Å². The number of ether oxygens (including phenoxy) is 1. The molecule has 49 valence electrons. The SMILES string of the molecule is O=[C]C1OCC12CNC2. The van der Waals surface area contributed by atoms with Gasteiger partial charge >= 0.3 is 0 Å². The van der Waals surface area contributed by atoms with E-state index in [-0.39, 0.29) is 11.5 Å². The third kappa shape index (κ3) is 0.509. The van der Waals surface area contributed by atoms with Gasteiger partial charge in [0.2, 0.25) is 6.29 Å². The predicted molar refractivity (Wildman–Crippen MR) is 30.7 cm³/mol. The molecule has 1 N–H and O–H groups in total. The van der Waals surface area contributed by atoms with Crippen LogP contribution in [-0.2, 0) is 9.53 Å². The molecule has 0 aromatic carbocycles. The molecule has 0 amide bonds. The van der Waals surface area contributed by atoms with Gasteiger partial charge in [-0.3, -0.25) is 4.79 Å². The van der Waals surface area contributed by atoms with Gasteiger partial charge in [-0.25, -0.2) is 0 Å². The summed E-state index contributed by atoms with van der Waals surface area (Å²) in [5.41, 5.74) is 0.155. The number of nitrogens with one attached hydrogen (secondary N) is 1. The molecule has 0 aromatic heterocycles. The minimum atomic E-state index is -0.237. The van der Waals surface area contributed by atoms with Crippen molar-refractivity contribution in [2.75, 3.05) is 19.7 Å². The molecule has 1 unspecified atom stereocenters. The molecule has 2 heterocycles. The second-order valence-electron chi connectivity index (χ2n) is 2.77. The molecule has 2 aliphatic rings.